The van der Waals surface area contributed by atoms with Crippen molar-refractivity contribution in [3.05, 3.63) is 21.3 Å². The third-order valence-electron chi connectivity index (χ3n) is 2.09. The van der Waals surface area contributed by atoms with E-state index in [1.165, 1.54) is 4.88 Å². The molecular formula is C8H9ClOS. The van der Waals surface area contributed by atoms with Gasteiger partial charge in [0.25, 0.3) is 0 Å². The van der Waals surface area contributed by atoms with Crippen LogP contribution < -0.4 is 0 Å². The molecule has 2 rings (SSSR count). The molecule has 3 heteroatoms. The van der Waals surface area contributed by atoms with Gasteiger partial charge in [-0.2, -0.15) is 0 Å². The van der Waals surface area contributed by atoms with Gasteiger partial charge in [0.1, 0.15) is 5.60 Å². The largest absolute Gasteiger partial charge is 0.370 e. The Balaban J connectivity index is 2.28. The molecule has 1 saturated heterocycles. The number of ether oxygens (including phenoxy) is 1. The van der Waals surface area contributed by atoms with Crippen LogP contribution in [0, 0.1) is 0 Å². The molecule has 0 radical (unpaired) electrons. The van der Waals surface area contributed by atoms with Crippen LogP contribution in [0.25, 0.3) is 0 Å². The monoisotopic (exact) mass is 188 g/mol. The Bertz CT molecular complexity index is 265. The van der Waals surface area contributed by atoms with E-state index in [4.69, 9.17) is 16.3 Å². The van der Waals surface area contributed by atoms with Crippen LogP contribution in [0.5, 0.6) is 0 Å². The highest BCUT2D eigenvalue weighted by molar-refractivity contribution is 7.16. The van der Waals surface area contributed by atoms with E-state index in [-0.39, 0.29) is 5.60 Å². The second kappa shape index (κ2) is 2.47. The van der Waals surface area contributed by atoms with Gasteiger partial charge in [0.05, 0.1) is 10.9 Å². The van der Waals surface area contributed by atoms with Crippen LogP contribution in [0.15, 0.2) is 12.1 Å². The van der Waals surface area contributed by atoms with Crippen LogP contribution in [0.1, 0.15) is 18.2 Å². The van der Waals surface area contributed by atoms with Crippen LogP contribution in [-0.4, -0.2) is 6.61 Å². The van der Waals surface area contributed by atoms with Crippen LogP contribution in [-0.2, 0) is 10.3 Å². The minimum Gasteiger partial charge on any atom is -0.370 e. The maximum Gasteiger partial charge on any atom is 0.102 e. The zero-order valence-electron chi connectivity index (χ0n) is 6.26. The first kappa shape index (κ1) is 7.59. The fourth-order valence-corrected chi connectivity index (χ4v) is 2.37. The number of hydrogen-bond donors (Lipinski definition) is 0. The summed E-state index contributed by atoms with van der Waals surface area (Å²) in [6.45, 7) is 2.99. The molecule has 1 atom stereocenters. The molecule has 1 nitrogen and oxygen atoms in total. The van der Waals surface area contributed by atoms with E-state index in [0.717, 1.165) is 17.4 Å². The lowest BCUT2D eigenvalue weighted by Crippen LogP contribution is -2.36. The Morgan fingerprint density at radius 3 is 2.73 bits per heavy atom. The Kier molecular flexibility index (Phi) is 1.71. The van der Waals surface area contributed by atoms with Gasteiger partial charge in [-0.15, -0.1) is 11.3 Å². The van der Waals surface area contributed by atoms with Crippen molar-refractivity contribution in [3.63, 3.8) is 0 Å². The van der Waals surface area contributed by atoms with Crippen molar-refractivity contribution in [2.75, 3.05) is 6.61 Å². The minimum atomic E-state index is -0.0300. The summed E-state index contributed by atoms with van der Waals surface area (Å²) in [4.78, 5) is 1.24. The quantitative estimate of drug-likeness (QED) is 0.659. The van der Waals surface area contributed by atoms with Crippen molar-refractivity contribution < 1.29 is 4.74 Å². The molecule has 0 amide bonds. The normalized spacial score (nSPS) is 30.0. The number of halogens is 1. The molecule has 0 spiro atoms. The zero-order chi connectivity index (χ0) is 7.90. The van der Waals surface area contributed by atoms with Gasteiger partial charge < -0.3 is 4.74 Å². The van der Waals surface area contributed by atoms with Crippen molar-refractivity contribution in [1.29, 1.82) is 0 Å². The summed E-state index contributed by atoms with van der Waals surface area (Å²) < 4.78 is 6.31. The first-order valence-electron chi connectivity index (χ1n) is 3.60. The molecule has 11 heavy (non-hydrogen) atoms. The maximum atomic E-state index is 5.81. The van der Waals surface area contributed by atoms with Gasteiger partial charge >= 0.3 is 0 Å². The maximum absolute atomic E-state index is 5.81. The second-order valence-electron chi connectivity index (χ2n) is 2.93. The lowest BCUT2D eigenvalue weighted by Gasteiger charge is -2.37. The van der Waals surface area contributed by atoms with Crippen molar-refractivity contribution in [2.24, 2.45) is 0 Å². The van der Waals surface area contributed by atoms with E-state index in [1.807, 2.05) is 12.1 Å². The van der Waals surface area contributed by atoms with Gasteiger partial charge in [0.2, 0.25) is 0 Å². The highest BCUT2D eigenvalue weighted by atomic mass is 35.5. The van der Waals surface area contributed by atoms with E-state index < -0.39 is 0 Å². The fraction of sp³-hybridized carbons (Fsp3) is 0.500. The van der Waals surface area contributed by atoms with Crippen LogP contribution in [0.2, 0.25) is 4.34 Å². The van der Waals surface area contributed by atoms with Crippen LogP contribution in [0.4, 0.5) is 0 Å². The Labute approximate surface area is 74.9 Å². The summed E-state index contributed by atoms with van der Waals surface area (Å²) in [6, 6.07) is 3.97. The first-order chi connectivity index (χ1) is 5.21. The van der Waals surface area contributed by atoms with Gasteiger partial charge in [-0.3, -0.25) is 0 Å². The average molecular weight is 189 g/mol. The predicted octanol–water partition coefficient (Wildman–Crippen LogP) is 3.04. The molecule has 1 aromatic heterocycles. The van der Waals surface area contributed by atoms with Crippen molar-refractivity contribution >= 4 is 22.9 Å². The zero-order valence-corrected chi connectivity index (χ0v) is 7.84. The predicted molar refractivity (Wildman–Crippen MR) is 47.3 cm³/mol. The third-order valence-corrected chi connectivity index (χ3v) is 3.57. The molecular weight excluding hydrogens is 180 g/mol. The van der Waals surface area contributed by atoms with Crippen LogP contribution >= 0.6 is 22.9 Å². The lowest BCUT2D eigenvalue weighted by atomic mass is 9.96. The standard InChI is InChI=1S/C8H9ClOS/c1-8(4-5-10-8)6-2-3-7(9)11-6/h2-3H,4-5H2,1H3. The highest BCUT2D eigenvalue weighted by Gasteiger charge is 2.36. The Morgan fingerprint density at radius 1 is 1.64 bits per heavy atom. The minimum absolute atomic E-state index is 0.0300. The van der Waals surface area contributed by atoms with Crippen molar-refractivity contribution in [3.8, 4) is 0 Å². The summed E-state index contributed by atoms with van der Waals surface area (Å²) in [6.07, 6.45) is 1.11. The fourth-order valence-electron chi connectivity index (χ4n) is 1.20. The van der Waals surface area contributed by atoms with E-state index in [0.29, 0.717) is 0 Å². The smallest absolute Gasteiger partial charge is 0.102 e. The second-order valence-corrected chi connectivity index (χ2v) is 4.65. The number of thiophene rings is 1. The average Bonchev–Trinajstić information content (AvgIpc) is 2.31. The van der Waals surface area contributed by atoms with Gasteiger partial charge in [-0.25, -0.2) is 0 Å². The lowest BCUT2D eigenvalue weighted by molar-refractivity contribution is -0.138. The van der Waals surface area contributed by atoms with Crippen LogP contribution in [0.3, 0.4) is 0 Å². The molecule has 60 valence electrons. The molecule has 1 unspecified atom stereocenters. The summed E-state index contributed by atoms with van der Waals surface area (Å²) >= 11 is 7.42. The molecule has 1 aliphatic rings. The molecule has 0 aromatic carbocycles. The highest BCUT2D eigenvalue weighted by Crippen LogP contribution is 2.41. The molecule has 0 aliphatic carbocycles. The van der Waals surface area contributed by atoms with Gasteiger partial charge in [-0.1, -0.05) is 11.6 Å². The van der Waals surface area contributed by atoms with E-state index in [9.17, 15) is 0 Å². The Hall–Kier alpha value is -0.0500. The first-order valence-corrected chi connectivity index (χ1v) is 4.80. The van der Waals surface area contributed by atoms with Crippen molar-refractivity contribution in [2.45, 2.75) is 18.9 Å². The number of rotatable bonds is 1. The van der Waals surface area contributed by atoms with E-state index >= 15 is 0 Å². The SMILES string of the molecule is CC1(c2ccc(Cl)s2)CCO1. The topological polar surface area (TPSA) is 9.23 Å². The summed E-state index contributed by atoms with van der Waals surface area (Å²) in [7, 11) is 0. The molecule has 1 fully saturated rings. The molecule has 2 heterocycles. The Morgan fingerprint density at radius 2 is 2.36 bits per heavy atom. The van der Waals surface area contributed by atoms with E-state index in [1.54, 1.807) is 11.3 Å². The van der Waals surface area contributed by atoms with Crippen molar-refractivity contribution in [1.82, 2.24) is 0 Å². The summed E-state index contributed by atoms with van der Waals surface area (Å²) in [5, 5.41) is 0. The van der Waals surface area contributed by atoms with Gasteiger partial charge in [0, 0.05) is 11.3 Å². The molecule has 1 aliphatic heterocycles. The number of hydrogen-bond acceptors (Lipinski definition) is 2. The molecule has 1 aromatic rings. The molecule has 0 N–H and O–H groups in total. The van der Waals surface area contributed by atoms with E-state index in [2.05, 4.69) is 6.92 Å². The summed E-state index contributed by atoms with van der Waals surface area (Å²) in [5.41, 5.74) is -0.0300. The third kappa shape index (κ3) is 1.19. The summed E-state index contributed by atoms with van der Waals surface area (Å²) in [5.74, 6) is 0. The van der Waals surface area contributed by atoms with Gasteiger partial charge in [-0.05, 0) is 19.1 Å². The molecule has 0 saturated carbocycles. The van der Waals surface area contributed by atoms with Gasteiger partial charge in [0.15, 0.2) is 0 Å². The molecule has 0 bridgehead atoms.